The molecule has 0 bridgehead atoms. The average molecular weight is 209 g/mol. The van der Waals surface area contributed by atoms with Crippen molar-refractivity contribution in [2.24, 2.45) is 0 Å². The Hall–Kier alpha value is -1.29. The SMILES string of the molecule is Cc1oc(C)c(C(=O)N2CCCO2)c1C. The highest BCUT2D eigenvalue weighted by Gasteiger charge is 2.26. The summed E-state index contributed by atoms with van der Waals surface area (Å²) in [5, 5.41) is 1.42. The van der Waals surface area contributed by atoms with Crippen molar-refractivity contribution in [1.82, 2.24) is 5.06 Å². The molecule has 0 aliphatic carbocycles. The van der Waals surface area contributed by atoms with E-state index in [0.29, 0.717) is 24.5 Å². The van der Waals surface area contributed by atoms with Crippen molar-refractivity contribution >= 4 is 5.91 Å². The van der Waals surface area contributed by atoms with Gasteiger partial charge in [0.05, 0.1) is 18.7 Å². The van der Waals surface area contributed by atoms with Gasteiger partial charge in [0.25, 0.3) is 5.91 Å². The van der Waals surface area contributed by atoms with E-state index in [-0.39, 0.29) is 5.91 Å². The summed E-state index contributed by atoms with van der Waals surface area (Å²) in [6.45, 7) is 6.87. The van der Waals surface area contributed by atoms with E-state index >= 15 is 0 Å². The zero-order valence-electron chi connectivity index (χ0n) is 9.29. The van der Waals surface area contributed by atoms with Crippen LogP contribution in [0.1, 0.15) is 33.9 Å². The van der Waals surface area contributed by atoms with Gasteiger partial charge in [0.1, 0.15) is 11.5 Å². The second-order valence-electron chi connectivity index (χ2n) is 3.81. The van der Waals surface area contributed by atoms with Crippen molar-refractivity contribution in [1.29, 1.82) is 0 Å². The van der Waals surface area contributed by atoms with Crippen LogP contribution in [0.3, 0.4) is 0 Å². The Bertz CT molecular complexity index is 389. The number of nitrogens with zero attached hydrogens (tertiary/aromatic N) is 1. The van der Waals surface area contributed by atoms with Crippen LogP contribution in [-0.2, 0) is 4.84 Å². The number of hydrogen-bond donors (Lipinski definition) is 0. The van der Waals surface area contributed by atoms with E-state index in [1.54, 1.807) is 0 Å². The predicted molar refractivity (Wildman–Crippen MR) is 54.5 cm³/mol. The van der Waals surface area contributed by atoms with Crippen LogP contribution in [0.25, 0.3) is 0 Å². The highest BCUT2D eigenvalue weighted by Crippen LogP contribution is 2.23. The molecule has 15 heavy (non-hydrogen) atoms. The first-order valence-electron chi connectivity index (χ1n) is 5.12. The van der Waals surface area contributed by atoms with Gasteiger partial charge in [-0.2, -0.15) is 0 Å². The number of aryl methyl sites for hydroxylation is 2. The van der Waals surface area contributed by atoms with Gasteiger partial charge in [-0.25, -0.2) is 5.06 Å². The largest absolute Gasteiger partial charge is 0.466 e. The van der Waals surface area contributed by atoms with Crippen molar-refractivity contribution < 1.29 is 14.0 Å². The van der Waals surface area contributed by atoms with Crippen molar-refractivity contribution in [3.05, 3.63) is 22.6 Å². The Labute approximate surface area is 88.8 Å². The third kappa shape index (κ3) is 1.65. The molecular formula is C11H15NO3. The Balaban J connectivity index is 2.32. The van der Waals surface area contributed by atoms with Crippen LogP contribution in [-0.4, -0.2) is 24.1 Å². The molecule has 4 heteroatoms. The van der Waals surface area contributed by atoms with Crippen LogP contribution >= 0.6 is 0 Å². The maximum atomic E-state index is 12.0. The van der Waals surface area contributed by atoms with Gasteiger partial charge in [-0.3, -0.25) is 9.63 Å². The molecule has 4 nitrogen and oxygen atoms in total. The first-order chi connectivity index (χ1) is 7.11. The summed E-state index contributed by atoms with van der Waals surface area (Å²) in [6, 6.07) is 0. The third-order valence-electron chi connectivity index (χ3n) is 2.75. The van der Waals surface area contributed by atoms with Crippen LogP contribution in [0.4, 0.5) is 0 Å². The molecule has 1 saturated heterocycles. The summed E-state index contributed by atoms with van der Waals surface area (Å²) in [5.74, 6) is 1.39. The molecule has 0 radical (unpaired) electrons. The Kier molecular flexibility index (Phi) is 2.52. The van der Waals surface area contributed by atoms with Crippen molar-refractivity contribution in [3.8, 4) is 0 Å². The van der Waals surface area contributed by atoms with Gasteiger partial charge in [0.2, 0.25) is 0 Å². The molecule has 0 unspecified atom stereocenters. The van der Waals surface area contributed by atoms with E-state index < -0.39 is 0 Å². The first-order valence-corrected chi connectivity index (χ1v) is 5.12. The number of carbonyl (C=O) groups is 1. The topological polar surface area (TPSA) is 42.7 Å². The van der Waals surface area contributed by atoms with Gasteiger partial charge >= 0.3 is 0 Å². The van der Waals surface area contributed by atoms with Crippen molar-refractivity contribution in [2.45, 2.75) is 27.2 Å². The highest BCUT2D eigenvalue weighted by atomic mass is 16.7. The first kappa shape index (κ1) is 10.2. The molecule has 1 aromatic rings. The lowest BCUT2D eigenvalue weighted by atomic mass is 10.1. The number of hydroxylamine groups is 2. The minimum Gasteiger partial charge on any atom is -0.466 e. The maximum Gasteiger partial charge on any atom is 0.281 e. The van der Waals surface area contributed by atoms with Crippen LogP contribution in [0.2, 0.25) is 0 Å². The van der Waals surface area contributed by atoms with Crippen LogP contribution in [0.5, 0.6) is 0 Å². The molecule has 2 heterocycles. The van der Waals surface area contributed by atoms with Crippen molar-refractivity contribution in [2.75, 3.05) is 13.2 Å². The third-order valence-corrected chi connectivity index (χ3v) is 2.75. The van der Waals surface area contributed by atoms with Gasteiger partial charge in [-0.15, -0.1) is 0 Å². The molecule has 0 atom stereocenters. The number of furan rings is 1. The van der Waals surface area contributed by atoms with Crippen LogP contribution in [0.15, 0.2) is 4.42 Å². The normalized spacial score (nSPS) is 16.1. The van der Waals surface area contributed by atoms with E-state index in [0.717, 1.165) is 17.7 Å². The lowest BCUT2D eigenvalue weighted by Crippen LogP contribution is -2.27. The number of rotatable bonds is 1. The Morgan fingerprint density at radius 3 is 2.47 bits per heavy atom. The second kappa shape index (κ2) is 3.70. The molecule has 0 N–H and O–H groups in total. The monoisotopic (exact) mass is 209 g/mol. The van der Waals surface area contributed by atoms with E-state index in [1.807, 2.05) is 20.8 Å². The van der Waals surface area contributed by atoms with Crippen LogP contribution < -0.4 is 0 Å². The van der Waals surface area contributed by atoms with E-state index in [4.69, 9.17) is 9.25 Å². The molecule has 1 aliphatic rings. The molecule has 1 aliphatic heterocycles. The fourth-order valence-electron chi connectivity index (χ4n) is 1.84. The number of hydrogen-bond acceptors (Lipinski definition) is 3. The summed E-state index contributed by atoms with van der Waals surface area (Å²) >= 11 is 0. The smallest absolute Gasteiger partial charge is 0.281 e. The van der Waals surface area contributed by atoms with E-state index in [1.165, 1.54) is 5.06 Å². The second-order valence-corrected chi connectivity index (χ2v) is 3.81. The lowest BCUT2D eigenvalue weighted by Gasteiger charge is -2.13. The zero-order valence-corrected chi connectivity index (χ0v) is 9.29. The van der Waals surface area contributed by atoms with Crippen LogP contribution in [0, 0.1) is 20.8 Å². The molecule has 1 amide bonds. The van der Waals surface area contributed by atoms with Gasteiger partial charge in [0.15, 0.2) is 0 Å². The summed E-state index contributed by atoms with van der Waals surface area (Å²) < 4.78 is 5.42. The summed E-state index contributed by atoms with van der Waals surface area (Å²) in [6.07, 6.45) is 0.903. The standard InChI is InChI=1S/C11H15NO3/c1-7-8(2)15-9(3)10(7)11(13)12-5-4-6-14-12/h4-6H2,1-3H3. The van der Waals surface area contributed by atoms with Crippen molar-refractivity contribution in [3.63, 3.8) is 0 Å². The molecular weight excluding hydrogens is 194 g/mol. The molecule has 2 rings (SSSR count). The lowest BCUT2D eigenvalue weighted by molar-refractivity contribution is -0.0769. The summed E-state index contributed by atoms with van der Waals surface area (Å²) in [5.41, 5.74) is 1.56. The molecule has 1 aromatic heterocycles. The van der Waals surface area contributed by atoms with E-state index in [2.05, 4.69) is 0 Å². The summed E-state index contributed by atoms with van der Waals surface area (Å²) in [7, 11) is 0. The predicted octanol–water partition coefficient (Wildman–Crippen LogP) is 1.98. The molecule has 0 spiro atoms. The highest BCUT2D eigenvalue weighted by molar-refractivity contribution is 5.96. The van der Waals surface area contributed by atoms with Gasteiger partial charge in [0, 0.05) is 5.56 Å². The maximum absolute atomic E-state index is 12.0. The molecule has 82 valence electrons. The van der Waals surface area contributed by atoms with Gasteiger partial charge in [-0.1, -0.05) is 0 Å². The number of amides is 1. The fourth-order valence-corrected chi connectivity index (χ4v) is 1.84. The Morgan fingerprint density at radius 2 is 2.00 bits per heavy atom. The number of carbonyl (C=O) groups excluding carboxylic acids is 1. The van der Waals surface area contributed by atoms with Gasteiger partial charge < -0.3 is 4.42 Å². The summed E-state index contributed by atoms with van der Waals surface area (Å²) in [4.78, 5) is 17.3. The minimum atomic E-state index is -0.0839. The average Bonchev–Trinajstić information content (AvgIpc) is 2.76. The quantitative estimate of drug-likeness (QED) is 0.710. The Morgan fingerprint density at radius 1 is 1.27 bits per heavy atom. The molecule has 1 fully saturated rings. The molecule has 0 aromatic carbocycles. The van der Waals surface area contributed by atoms with Gasteiger partial charge in [-0.05, 0) is 27.2 Å². The zero-order chi connectivity index (χ0) is 11.0. The van der Waals surface area contributed by atoms with E-state index in [9.17, 15) is 4.79 Å². The molecule has 0 saturated carbocycles. The minimum absolute atomic E-state index is 0.0839. The fraction of sp³-hybridized carbons (Fsp3) is 0.545.